The zero-order chi connectivity index (χ0) is 12.1. The fraction of sp³-hybridized carbons (Fsp3) is 0.571. The van der Waals surface area contributed by atoms with Crippen molar-refractivity contribution in [2.45, 2.75) is 32.6 Å². The maximum atomic E-state index is 11.7. The van der Waals surface area contributed by atoms with Crippen molar-refractivity contribution in [1.29, 1.82) is 0 Å². The van der Waals surface area contributed by atoms with Gasteiger partial charge in [-0.2, -0.15) is 0 Å². The number of nitrogens with one attached hydrogen (secondary N) is 1. The number of ketones is 1. The number of nitrogens with zero attached hydrogens (tertiary/aromatic N) is 1. The molecule has 1 aliphatic rings. The molecule has 2 rings (SSSR count). The van der Waals surface area contributed by atoms with E-state index in [4.69, 9.17) is 0 Å². The van der Waals surface area contributed by atoms with Crippen LogP contribution in [0.25, 0.3) is 0 Å². The second-order valence-electron chi connectivity index (χ2n) is 4.80. The van der Waals surface area contributed by atoms with Crippen LogP contribution in [-0.4, -0.2) is 23.9 Å². The number of hydrogen-bond donors (Lipinski definition) is 1. The van der Waals surface area contributed by atoms with E-state index in [0.717, 1.165) is 24.6 Å². The van der Waals surface area contributed by atoms with Crippen LogP contribution in [0.2, 0.25) is 0 Å². The van der Waals surface area contributed by atoms with Crippen molar-refractivity contribution in [3.05, 3.63) is 29.6 Å². The summed E-state index contributed by atoms with van der Waals surface area (Å²) in [5.74, 6) is 1.05. The van der Waals surface area contributed by atoms with E-state index in [2.05, 4.69) is 17.2 Å². The van der Waals surface area contributed by atoms with E-state index >= 15 is 0 Å². The Morgan fingerprint density at radius 3 is 2.88 bits per heavy atom. The van der Waals surface area contributed by atoms with Gasteiger partial charge in [-0.05, 0) is 43.4 Å². The molecule has 0 aromatic carbocycles. The number of carbonyl (C=O) groups excluding carboxylic acids is 1. The largest absolute Gasteiger partial charge is 0.310 e. The Balaban J connectivity index is 1.72. The van der Waals surface area contributed by atoms with Gasteiger partial charge in [-0.3, -0.25) is 9.78 Å². The first-order valence-electron chi connectivity index (χ1n) is 6.44. The lowest BCUT2D eigenvalue weighted by Gasteiger charge is -2.03. The maximum Gasteiger partial charge on any atom is 0.152 e. The number of carbonyl (C=O) groups is 1. The van der Waals surface area contributed by atoms with Crippen molar-refractivity contribution >= 4 is 5.78 Å². The van der Waals surface area contributed by atoms with Crippen molar-refractivity contribution in [3.63, 3.8) is 0 Å². The van der Waals surface area contributed by atoms with E-state index in [9.17, 15) is 4.79 Å². The van der Waals surface area contributed by atoms with Gasteiger partial charge in [0.05, 0.1) is 13.0 Å². The summed E-state index contributed by atoms with van der Waals surface area (Å²) in [6.07, 6.45) is 5.94. The van der Waals surface area contributed by atoms with Crippen LogP contribution in [0.3, 0.4) is 0 Å². The molecule has 1 saturated carbocycles. The lowest BCUT2D eigenvalue weighted by Crippen LogP contribution is -2.26. The van der Waals surface area contributed by atoms with E-state index in [0.29, 0.717) is 13.0 Å². The summed E-state index contributed by atoms with van der Waals surface area (Å²) in [5.41, 5.74) is 2.09. The number of Topliss-reactive ketones (excluding diaryl/α,β-unsaturated/α-hetero) is 1. The number of rotatable bonds is 7. The quantitative estimate of drug-likeness (QED) is 0.779. The average molecular weight is 232 g/mol. The van der Waals surface area contributed by atoms with Gasteiger partial charge >= 0.3 is 0 Å². The molecule has 0 amide bonds. The van der Waals surface area contributed by atoms with Gasteiger partial charge in [0, 0.05) is 11.9 Å². The highest BCUT2D eigenvalue weighted by molar-refractivity contribution is 5.82. The van der Waals surface area contributed by atoms with Crippen molar-refractivity contribution in [3.8, 4) is 0 Å². The van der Waals surface area contributed by atoms with Crippen LogP contribution in [0.1, 0.15) is 31.0 Å². The molecule has 0 bridgehead atoms. The third kappa shape index (κ3) is 4.27. The zero-order valence-electron chi connectivity index (χ0n) is 10.4. The molecule has 1 aromatic heterocycles. The van der Waals surface area contributed by atoms with E-state index in [1.807, 2.05) is 18.3 Å². The minimum Gasteiger partial charge on any atom is -0.310 e. The van der Waals surface area contributed by atoms with Gasteiger partial charge in [0.1, 0.15) is 0 Å². The van der Waals surface area contributed by atoms with Crippen LogP contribution >= 0.6 is 0 Å². The molecule has 1 aliphatic carbocycles. The number of aromatic nitrogens is 1. The molecular weight excluding hydrogens is 212 g/mol. The van der Waals surface area contributed by atoms with Gasteiger partial charge in [-0.15, -0.1) is 0 Å². The molecule has 0 unspecified atom stereocenters. The Labute approximate surface area is 103 Å². The smallest absolute Gasteiger partial charge is 0.152 e. The lowest BCUT2D eigenvalue weighted by atomic mass is 10.1. The second-order valence-corrected chi connectivity index (χ2v) is 4.80. The molecule has 0 radical (unpaired) electrons. The predicted molar refractivity (Wildman–Crippen MR) is 67.9 cm³/mol. The summed E-state index contributed by atoms with van der Waals surface area (Å²) < 4.78 is 0. The topological polar surface area (TPSA) is 42.0 Å². The Kier molecular flexibility index (Phi) is 4.26. The molecule has 3 heteroatoms. The molecular formula is C14H20N2O. The van der Waals surface area contributed by atoms with Crippen molar-refractivity contribution < 1.29 is 4.79 Å². The van der Waals surface area contributed by atoms with Crippen LogP contribution in [0.5, 0.6) is 0 Å². The fourth-order valence-electron chi connectivity index (χ4n) is 1.77. The van der Waals surface area contributed by atoms with Crippen LogP contribution < -0.4 is 5.32 Å². The molecule has 3 nitrogen and oxygen atoms in total. The summed E-state index contributed by atoms with van der Waals surface area (Å²) >= 11 is 0. The third-order valence-electron chi connectivity index (χ3n) is 3.12. The minimum absolute atomic E-state index is 0.224. The van der Waals surface area contributed by atoms with Gasteiger partial charge in [-0.1, -0.05) is 13.0 Å². The molecule has 17 heavy (non-hydrogen) atoms. The Morgan fingerprint density at radius 1 is 1.47 bits per heavy atom. The lowest BCUT2D eigenvalue weighted by molar-refractivity contribution is -0.117. The summed E-state index contributed by atoms with van der Waals surface area (Å²) in [6, 6.07) is 4.00. The molecule has 1 heterocycles. The average Bonchev–Trinajstić information content (AvgIpc) is 3.14. The van der Waals surface area contributed by atoms with E-state index in [1.165, 1.54) is 18.4 Å². The molecule has 1 N–H and O–H groups in total. The highest BCUT2D eigenvalue weighted by atomic mass is 16.1. The zero-order valence-corrected chi connectivity index (χ0v) is 10.4. The molecule has 1 fully saturated rings. The first-order valence-corrected chi connectivity index (χ1v) is 6.44. The van der Waals surface area contributed by atoms with Gasteiger partial charge in [0.2, 0.25) is 0 Å². The highest BCUT2D eigenvalue weighted by Gasteiger charge is 2.20. The van der Waals surface area contributed by atoms with Gasteiger partial charge in [0.25, 0.3) is 0 Å². The van der Waals surface area contributed by atoms with Crippen LogP contribution in [0.15, 0.2) is 18.3 Å². The van der Waals surface area contributed by atoms with E-state index < -0.39 is 0 Å². The first kappa shape index (κ1) is 12.2. The number of pyridine rings is 1. The molecule has 0 atom stereocenters. The SMILES string of the molecule is CCc1ccc(CC(=O)CNCC2CC2)nc1. The molecule has 92 valence electrons. The molecule has 0 saturated heterocycles. The normalized spacial score (nSPS) is 14.9. The summed E-state index contributed by atoms with van der Waals surface area (Å²) in [7, 11) is 0. The molecule has 0 spiro atoms. The van der Waals surface area contributed by atoms with Crippen molar-refractivity contribution in [2.75, 3.05) is 13.1 Å². The fourth-order valence-corrected chi connectivity index (χ4v) is 1.77. The standard InChI is InChI=1S/C14H20N2O/c1-2-11-5-6-13(16-9-11)7-14(17)10-15-8-12-3-4-12/h5-6,9,12,15H,2-4,7-8,10H2,1H3. The van der Waals surface area contributed by atoms with Gasteiger partial charge < -0.3 is 5.32 Å². The van der Waals surface area contributed by atoms with Crippen molar-refractivity contribution in [1.82, 2.24) is 10.3 Å². The van der Waals surface area contributed by atoms with Crippen molar-refractivity contribution in [2.24, 2.45) is 5.92 Å². The van der Waals surface area contributed by atoms with Gasteiger partial charge in [0.15, 0.2) is 5.78 Å². The Hall–Kier alpha value is -1.22. The Bertz CT molecular complexity index is 368. The highest BCUT2D eigenvalue weighted by Crippen LogP contribution is 2.27. The summed E-state index contributed by atoms with van der Waals surface area (Å²) in [5, 5.41) is 3.21. The summed E-state index contributed by atoms with van der Waals surface area (Å²) in [6.45, 7) is 3.57. The Morgan fingerprint density at radius 2 is 2.29 bits per heavy atom. The number of hydrogen-bond acceptors (Lipinski definition) is 3. The van der Waals surface area contributed by atoms with Crippen LogP contribution in [0, 0.1) is 5.92 Å². The predicted octanol–water partition coefficient (Wildman–Crippen LogP) is 1.76. The van der Waals surface area contributed by atoms with Crippen LogP contribution in [0.4, 0.5) is 0 Å². The second kappa shape index (κ2) is 5.92. The monoisotopic (exact) mass is 232 g/mol. The first-order chi connectivity index (χ1) is 8.28. The molecule has 0 aliphatic heterocycles. The minimum atomic E-state index is 0.224. The third-order valence-corrected chi connectivity index (χ3v) is 3.12. The van der Waals surface area contributed by atoms with E-state index in [-0.39, 0.29) is 5.78 Å². The van der Waals surface area contributed by atoms with Crippen LogP contribution in [-0.2, 0) is 17.6 Å². The maximum absolute atomic E-state index is 11.7. The number of aryl methyl sites for hydroxylation is 1. The summed E-state index contributed by atoms with van der Waals surface area (Å²) in [4.78, 5) is 16.0. The van der Waals surface area contributed by atoms with Gasteiger partial charge in [-0.25, -0.2) is 0 Å². The van der Waals surface area contributed by atoms with E-state index in [1.54, 1.807) is 0 Å². The molecule has 1 aromatic rings.